The van der Waals surface area contributed by atoms with Crippen molar-refractivity contribution in [3.8, 4) is 5.75 Å². The minimum absolute atomic E-state index is 0.00881. The van der Waals surface area contributed by atoms with E-state index in [1.807, 2.05) is 36.2 Å². The molecule has 0 aliphatic carbocycles. The molecule has 0 unspecified atom stereocenters. The number of ether oxygens (including phenoxy) is 2. The third kappa shape index (κ3) is 7.12. The van der Waals surface area contributed by atoms with E-state index in [0.29, 0.717) is 73.8 Å². The van der Waals surface area contributed by atoms with Crippen LogP contribution in [0.15, 0.2) is 36.4 Å². The van der Waals surface area contributed by atoms with Crippen LogP contribution in [0.4, 0.5) is 15.3 Å². The average molecular weight is 583 g/mol. The number of methoxy groups -OCH3 is 1. The molecule has 5 rings (SSSR count). The molecule has 0 bridgehead atoms. The normalized spacial score (nSPS) is 18.8. The molecule has 2 saturated heterocycles. The van der Waals surface area contributed by atoms with Crippen molar-refractivity contribution in [2.24, 2.45) is 0 Å². The number of fused-ring (bicyclic) bond motifs is 1. The Balaban J connectivity index is 1.23. The van der Waals surface area contributed by atoms with E-state index in [1.165, 1.54) is 7.11 Å². The third-order valence-electron chi connectivity index (χ3n) is 8.87. The van der Waals surface area contributed by atoms with Gasteiger partial charge in [-0.15, -0.1) is 0 Å². The number of carbonyl (C=O) groups excluding carboxylic acids is 3. The Kier molecular flexibility index (Phi) is 9.85. The number of para-hydroxylation sites is 1. The smallest absolute Gasteiger partial charge is 0.410 e. The molecule has 43 heavy (non-hydrogen) atoms. The minimum Gasteiger partial charge on any atom is -0.498 e. The van der Waals surface area contributed by atoms with Gasteiger partial charge in [0.1, 0.15) is 21.4 Å². The van der Waals surface area contributed by atoms with Crippen LogP contribution in [0.3, 0.4) is 0 Å². The average Bonchev–Trinajstić information content (AvgIpc) is 3.18. The number of carbonyl (C=O) groups is 3. The fourth-order valence-corrected chi connectivity index (χ4v) is 6.37. The van der Waals surface area contributed by atoms with E-state index < -0.39 is 12.2 Å². The van der Waals surface area contributed by atoms with Crippen LogP contribution in [-0.4, -0.2) is 113 Å². The number of hydrogen-bond donors (Lipinski definition) is 2. The maximum Gasteiger partial charge on any atom is 0.410 e. The summed E-state index contributed by atoms with van der Waals surface area (Å²) in [6.45, 7) is 2.64. The predicted molar refractivity (Wildman–Crippen MR) is 167 cm³/mol. The molecular formula is C31H39B2N5O5. The Hall–Kier alpha value is -3.66. The molecule has 12 heteroatoms. The highest BCUT2D eigenvalue weighted by molar-refractivity contribution is 6.41. The van der Waals surface area contributed by atoms with E-state index in [9.17, 15) is 14.4 Å². The van der Waals surface area contributed by atoms with Gasteiger partial charge in [0.25, 0.3) is 5.91 Å². The number of rotatable bonds is 7. The predicted octanol–water partition coefficient (Wildman–Crippen LogP) is 1.10. The number of anilines is 1. The third-order valence-corrected chi connectivity index (χ3v) is 8.87. The molecule has 3 aliphatic rings. The summed E-state index contributed by atoms with van der Waals surface area (Å²) >= 11 is 0. The van der Waals surface area contributed by atoms with Crippen molar-refractivity contribution in [3.05, 3.63) is 47.5 Å². The fourth-order valence-electron chi connectivity index (χ4n) is 6.37. The zero-order valence-corrected chi connectivity index (χ0v) is 25.0. The molecule has 2 aromatic carbocycles. The van der Waals surface area contributed by atoms with Gasteiger partial charge in [-0.05, 0) is 56.3 Å². The van der Waals surface area contributed by atoms with Crippen LogP contribution in [-0.2, 0) is 22.4 Å². The molecule has 4 radical (unpaired) electrons. The highest BCUT2D eigenvalue weighted by atomic mass is 16.6. The second kappa shape index (κ2) is 13.8. The second-order valence-electron chi connectivity index (χ2n) is 11.5. The van der Waals surface area contributed by atoms with Gasteiger partial charge in [-0.1, -0.05) is 41.3 Å². The number of hydrogen-bond acceptors (Lipinski definition) is 6. The highest BCUT2D eigenvalue weighted by Gasteiger charge is 2.35. The minimum atomic E-state index is -1.03. The molecule has 0 spiro atoms. The zero-order valence-electron chi connectivity index (χ0n) is 25.0. The molecule has 2 fully saturated rings. The molecule has 10 nitrogen and oxygen atoms in total. The molecule has 3 heterocycles. The Bertz CT molecular complexity index is 1300. The summed E-state index contributed by atoms with van der Waals surface area (Å²) < 4.78 is 11.2. The summed E-state index contributed by atoms with van der Waals surface area (Å²) in [5, 5.41) is 6.30. The largest absolute Gasteiger partial charge is 0.498 e. The van der Waals surface area contributed by atoms with Crippen molar-refractivity contribution >= 4 is 50.3 Å². The lowest BCUT2D eigenvalue weighted by Crippen LogP contribution is -2.52. The molecule has 2 aromatic rings. The Morgan fingerprint density at radius 2 is 1.65 bits per heavy atom. The standard InChI is InChI=1S/C31H39B2N5O5/c1-34-22-8-12-36(13-9-22)29(39)27(19-20-17-24(32)28(42-2)25(33)18-20)43-31(41)37-14-10-23(11-15-37)38-16-7-21-5-3-4-6-26(21)35-30(38)40/h3-6,17-18,22-23,27,34H,7-16,19H2,1-2H3,(H,35,40)/t27-/m1/s1. The molecule has 0 aromatic heterocycles. The van der Waals surface area contributed by atoms with Gasteiger partial charge in [0.05, 0.1) is 7.11 Å². The van der Waals surface area contributed by atoms with Gasteiger partial charge in [0.2, 0.25) is 0 Å². The van der Waals surface area contributed by atoms with Crippen molar-refractivity contribution in [1.29, 1.82) is 0 Å². The van der Waals surface area contributed by atoms with Gasteiger partial charge in [0, 0.05) is 56.9 Å². The Morgan fingerprint density at radius 1 is 1.00 bits per heavy atom. The zero-order chi connectivity index (χ0) is 30.5. The summed E-state index contributed by atoms with van der Waals surface area (Å²) in [5.74, 6) is 0.147. The quantitative estimate of drug-likeness (QED) is 0.474. The molecule has 2 N–H and O–H groups in total. The van der Waals surface area contributed by atoms with Crippen LogP contribution in [0, 0.1) is 0 Å². The van der Waals surface area contributed by atoms with Gasteiger partial charge in [-0.25, -0.2) is 9.59 Å². The summed E-state index contributed by atoms with van der Waals surface area (Å²) in [4.78, 5) is 45.4. The number of likely N-dealkylation sites (tertiary alicyclic amines) is 2. The van der Waals surface area contributed by atoms with Crippen molar-refractivity contribution in [1.82, 2.24) is 20.0 Å². The summed E-state index contributed by atoms with van der Waals surface area (Å²) in [6.07, 6.45) is 2.25. The van der Waals surface area contributed by atoms with E-state index in [1.54, 1.807) is 21.9 Å². The van der Waals surface area contributed by atoms with Crippen LogP contribution < -0.4 is 26.3 Å². The van der Waals surface area contributed by atoms with E-state index in [0.717, 1.165) is 30.5 Å². The van der Waals surface area contributed by atoms with E-state index in [4.69, 9.17) is 25.2 Å². The van der Waals surface area contributed by atoms with Gasteiger partial charge in [0.15, 0.2) is 6.10 Å². The van der Waals surface area contributed by atoms with Gasteiger partial charge < -0.3 is 34.8 Å². The van der Waals surface area contributed by atoms with Gasteiger partial charge >= 0.3 is 12.1 Å². The first-order valence-corrected chi connectivity index (χ1v) is 15.1. The first-order chi connectivity index (χ1) is 20.8. The van der Waals surface area contributed by atoms with Crippen molar-refractivity contribution in [2.75, 3.05) is 52.2 Å². The van der Waals surface area contributed by atoms with Crippen LogP contribution in [0.2, 0.25) is 0 Å². The number of nitrogens with zero attached hydrogens (tertiary/aromatic N) is 3. The fraction of sp³-hybridized carbons (Fsp3) is 0.516. The first kappa shape index (κ1) is 30.8. The van der Waals surface area contributed by atoms with E-state index in [2.05, 4.69) is 10.6 Å². The van der Waals surface area contributed by atoms with Crippen LogP contribution in [0.5, 0.6) is 5.75 Å². The van der Waals surface area contributed by atoms with E-state index >= 15 is 0 Å². The molecule has 4 amide bonds. The topological polar surface area (TPSA) is 103 Å². The van der Waals surface area contributed by atoms with E-state index in [-0.39, 0.29) is 24.4 Å². The summed E-state index contributed by atoms with van der Waals surface area (Å²) in [5.41, 5.74) is 3.35. The maximum atomic E-state index is 13.7. The number of nitrogens with one attached hydrogen (secondary N) is 2. The van der Waals surface area contributed by atoms with Crippen molar-refractivity contribution in [2.45, 2.75) is 56.7 Å². The lowest BCUT2D eigenvalue weighted by atomic mass is 9.83. The number of piperidine rings is 2. The molecule has 0 saturated carbocycles. The molecule has 3 aliphatic heterocycles. The Labute approximate surface area is 256 Å². The van der Waals surface area contributed by atoms with Gasteiger partial charge in [-0.3, -0.25) is 4.79 Å². The van der Waals surface area contributed by atoms with Crippen LogP contribution in [0.25, 0.3) is 0 Å². The SMILES string of the molecule is [B]c1cc(C[C@@H](OC(=O)N2CCC(N3CCc4ccccc4NC3=O)CC2)C(=O)N2CCC(NC)CC2)cc([B])c1OC. The lowest BCUT2D eigenvalue weighted by Gasteiger charge is -2.38. The number of benzene rings is 2. The first-order valence-electron chi connectivity index (χ1n) is 15.1. The summed E-state index contributed by atoms with van der Waals surface area (Å²) in [6, 6.07) is 11.5. The number of urea groups is 1. The molecule has 1 atom stereocenters. The monoisotopic (exact) mass is 583 g/mol. The van der Waals surface area contributed by atoms with Crippen LogP contribution in [0.1, 0.15) is 36.8 Å². The maximum absolute atomic E-state index is 13.7. The number of amides is 4. The Morgan fingerprint density at radius 3 is 2.30 bits per heavy atom. The van der Waals surface area contributed by atoms with Crippen LogP contribution >= 0.6 is 0 Å². The molecular weight excluding hydrogens is 544 g/mol. The van der Waals surface area contributed by atoms with Crippen molar-refractivity contribution < 1.29 is 23.9 Å². The highest BCUT2D eigenvalue weighted by Crippen LogP contribution is 2.25. The van der Waals surface area contributed by atoms with Crippen molar-refractivity contribution in [3.63, 3.8) is 0 Å². The lowest BCUT2D eigenvalue weighted by molar-refractivity contribution is -0.142. The summed E-state index contributed by atoms with van der Waals surface area (Å²) in [7, 11) is 15.7. The second-order valence-corrected chi connectivity index (χ2v) is 11.5. The molecule has 224 valence electrons. The van der Waals surface area contributed by atoms with Gasteiger partial charge in [-0.2, -0.15) is 0 Å².